The molecule has 0 spiro atoms. The predicted octanol–water partition coefficient (Wildman–Crippen LogP) is 7.08. The van der Waals surface area contributed by atoms with E-state index in [2.05, 4.69) is 0 Å². The SMILES string of the molecule is O=C1/C(=C/c2cc([N+](=O)[O-])ccc2SC2CCCCC2)SC(=S)N1c1ccccc1Cl. The Morgan fingerprint density at radius 2 is 1.94 bits per heavy atom. The van der Waals surface area contributed by atoms with Crippen LogP contribution in [0.2, 0.25) is 5.02 Å². The number of hydrogen-bond donors (Lipinski definition) is 0. The van der Waals surface area contributed by atoms with E-state index >= 15 is 0 Å². The fourth-order valence-corrected chi connectivity index (χ4v) is 6.51. The van der Waals surface area contributed by atoms with E-state index in [1.807, 2.05) is 0 Å². The number of carbonyl (C=O) groups is 1. The van der Waals surface area contributed by atoms with Crippen molar-refractivity contribution in [2.45, 2.75) is 42.2 Å². The molecule has 1 saturated carbocycles. The van der Waals surface area contributed by atoms with Gasteiger partial charge in [0.15, 0.2) is 4.32 Å². The van der Waals surface area contributed by atoms with Crippen LogP contribution in [-0.4, -0.2) is 20.4 Å². The molecule has 2 fully saturated rings. The van der Waals surface area contributed by atoms with Gasteiger partial charge < -0.3 is 0 Å². The van der Waals surface area contributed by atoms with E-state index in [0.717, 1.165) is 17.7 Å². The van der Waals surface area contributed by atoms with Gasteiger partial charge in [0, 0.05) is 22.3 Å². The van der Waals surface area contributed by atoms with Gasteiger partial charge in [0.05, 0.1) is 20.5 Å². The molecule has 0 atom stereocenters. The molecule has 1 aliphatic carbocycles. The molecule has 0 N–H and O–H groups in total. The summed E-state index contributed by atoms with van der Waals surface area (Å²) in [5.41, 5.74) is 1.20. The average molecular weight is 491 g/mol. The molecule has 0 radical (unpaired) electrons. The van der Waals surface area contributed by atoms with Crippen LogP contribution in [0.5, 0.6) is 0 Å². The third-order valence-corrected chi connectivity index (χ3v) is 8.28. The summed E-state index contributed by atoms with van der Waals surface area (Å²) in [5.74, 6) is -0.275. The standard InChI is InChI=1S/C22H19ClN2O3S3/c23-17-8-4-5-9-18(17)24-21(26)20(31-22(24)29)13-14-12-15(25(27)28)10-11-19(14)30-16-6-2-1-3-7-16/h4-5,8-13,16H,1-3,6-7H2/b20-13-. The van der Waals surface area contributed by atoms with Gasteiger partial charge in [-0.15, -0.1) is 11.8 Å². The Morgan fingerprint density at radius 3 is 2.65 bits per heavy atom. The second-order valence-electron chi connectivity index (χ2n) is 7.33. The van der Waals surface area contributed by atoms with Crippen molar-refractivity contribution in [2.75, 3.05) is 4.90 Å². The van der Waals surface area contributed by atoms with Crippen molar-refractivity contribution in [2.24, 2.45) is 0 Å². The summed E-state index contributed by atoms with van der Waals surface area (Å²) in [6, 6.07) is 11.9. The number of amides is 1. The number of hydrogen-bond acceptors (Lipinski definition) is 6. The van der Waals surface area contributed by atoms with Crippen LogP contribution in [0.3, 0.4) is 0 Å². The summed E-state index contributed by atoms with van der Waals surface area (Å²) in [4.78, 5) is 26.9. The number of non-ortho nitro benzene ring substituents is 1. The van der Waals surface area contributed by atoms with Crippen LogP contribution in [0.25, 0.3) is 6.08 Å². The van der Waals surface area contributed by atoms with Gasteiger partial charge >= 0.3 is 0 Å². The molecule has 2 aliphatic rings. The summed E-state index contributed by atoms with van der Waals surface area (Å²) in [6.45, 7) is 0. The molecule has 5 nitrogen and oxygen atoms in total. The van der Waals surface area contributed by atoms with Crippen molar-refractivity contribution in [3.8, 4) is 0 Å². The van der Waals surface area contributed by atoms with Crippen LogP contribution < -0.4 is 4.90 Å². The van der Waals surface area contributed by atoms with Crippen molar-refractivity contribution in [1.29, 1.82) is 0 Å². The van der Waals surface area contributed by atoms with Gasteiger partial charge in [0.1, 0.15) is 0 Å². The highest BCUT2D eigenvalue weighted by atomic mass is 35.5. The van der Waals surface area contributed by atoms with Crippen molar-refractivity contribution < 1.29 is 9.72 Å². The zero-order valence-corrected chi connectivity index (χ0v) is 19.7. The van der Waals surface area contributed by atoms with Crippen LogP contribution in [0.1, 0.15) is 37.7 Å². The zero-order valence-electron chi connectivity index (χ0n) is 16.5. The second kappa shape index (κ2) is 9.73. The maximum Gasteiger partial charge on any atom is 0.270 e. The smallest absolute Gasteiger partial charge is 0.268 e. The highest BCUT2D eigenvalue weighted by Crippen LogP contribution is 2.41. The van der Waals surface area contributed by atoms with Crippen LogP contribution in [-0.2, 0) is 4.79 Å². The highest BCUT2D eigenvalue weighted by molar-refractivity contribution is 8.27. The average Bonchev–Trinajstić information content (AvgIpc) is 3.03. The number of thioether (sulfide) groups is 2. The summed E-state index contributed by atoms with van der Waals surface area (Å²) < 4.78 is 0.385. The van der Waals surface area contributed by atoms with Crippen LogP contribution in [0.4, 0.5) is 11.4 Å². The van der Waals surface area contributed by atoms with Crippen LogP contribution in [0.15, 0.2) is 52.3 Å². The van der Waals surface area contributed by atoms with Crippen molar-refractivity contribution in [3.05, 3.63) is 68.1 Å². The zero-order chi connectivity index (χ0) is 22.0. The number of thiocarbonyl (C=S) groups is 1. The van der Waals surface area contributed by atoms with Gasteiger partial charge in [0.25, 0.3) is 11.6 Å². The molecule has 1 heterocycles. The Kier molecular flexibility index (Phi) is 7.01. The predicted molar refractivity (Wildman–Crippen MR) is 133 cm³/mol. The molecule has 2 aromatic carbocycles. The number of rotatable bonds is 5. The number of anilines is 1. The maximum atomic E-state index is 13.1. The maximum absolute atomic E-state index is 13.1. The number of para-hydroxylation sites is 1. The lowest BCUT2D eigenvalue weighted by Gasteiger charge is -2.21. The monoisotopic (exact) mass is 490 g/mol. The molecule has 31 heavy (non-hydrogen) atoms. The first kappa shape index (κ1) is 22.3. The molecule has 1 amide bonds. The first-order chi connectivity index (χ1) is 14.9. The highest BCUT2D eigenvalue weighted by Gasteiger charge is 2.34. The minimum absolute atomic E-state index is 0.000765. The van der Waals surface area contributed by atoms with Crippen LogP contribution in [0, 0.1) is 10.1 Å². The molecule has 9 heteroatoms. The first-order valence-corrected chi connectivity index (χ1v) is 12.4. The number of nitro benzene ring substituents is 1. The second-order valence-corrected chi connectivity index (χ2v) is 10.8. The van der Waals surface area contributed by atoms with E-state index in [0.29, 0.717) is 30.7 Å². The Balaban J connectivity index is 1.68. The largest absolute Gasteiger partial charge is 0.270 e. The van der Waals surface area contributed by atoms with E-state index in [9.17, 15) is 14.9 Å². The fourth-order valence-electron chi connectivity index (χ4n) is 3.68. The molecule has 1 saturated heterocycles. The van der Waals surface area contributed by atoms with Gasteiger partial charge in [0.2, 0.25) is 0 Å². The fraction of sp³-hybridized carbons (Fsp3) is 0.273. The van der Waals surface area contributed by atoms with E-state index in [4.69, 9.17) is 23.8 Å². The molecule has 160 valence electrons. The van der Waals surface area contributed by atoms with Crippen molar-refractivity contribution >= 4 is 75.0 Å². The van der Waals surface area contributed by atoms with Crippen molar-refractivity contribution in [1.82, 2.24) is 0 Å². The Labute approximate surface area is 199 Å². The lowest BCUT2D eigenvalue weighted by Crippen LogP contribution is -2.27. The molecular formula is C22H19ClN2O3S3. The van der Waals surface area contributed by atoms with Gasteiger partial charge in [-0.05, 0) is 42.7 Å². The number of nitro groups is 1. The Hall–Kier alpha value is -1.87. The Morgan fingerprint density at radius 1 is 1.19 bits per heavy atom. The van der Waals surface area contributed by atoms with E-state index in [-0.39, 0.29) is 11.6 Å². The van der Waals surface area contributed by atoms with E-state index in [1.54, 1.807) is 48.2 Å². The molecule has 2 aromatic rings. The molecular weight excluding hydrogens is 472 g/mol. The van der Waals surface area contributed by atoms with Gasteiger partial charge in [-0.25, -0.2) is 0 Å². The minimum atomic E-state index is -0.415. The molecule has 0 aromatic heterocycles. The topological polar surface area (TPSA) is 63.4 Å². The van der Waals surface area contributed by atoms with Gasteiger partial charge in [-0.3, -0.25) is 19.8 Å². The quantitative estimate of drug-likeness (QED) is 0.193. The van der Waals surface area contributed by atoms with Crippen LogP contribution >= 0.6 is 47.3 Å². The number of nitrogens with zero attached hydrogens (tertiary/aromatic N) is 2. The lowest BCUT2D eigenvalue weighted by atomic mass is 10.0. The molecule has 4 rings (SSSR count). The lowest BCUT2D eigenvalue weighted by molar-refractivity contribution is -0.384. The third kappa shape index (κ3) is 4.98. The molecule has 1 aliphatic heterocycles. The number of benzene rings is 2. The van der Waals surface area contributed by atoms with E-state index in [1.165, 1.54) is 48.1 Å². The van der Waals surface area contributed by atoms with Crippen molar-refractivity contribution in [3.63, 3.8) is 0 Å². The summed E-state index contributed by atoms with van der Waals surface area (Å²) in [6.07, 6.45) is 7.65. The first-order valence-electron chi connectivity index (χ1n) is 9.91. The number of halogens is 1. The Bertz CT molecular complexity index is 1080. The summed E-state index contributed by atoms with van der Waals surface area (Å²) in [5, 5.41) is 12.3. The molecule has 0 unspecified atom stereocenters. The van der Waals surface area contributed by atoms with Gasteiger partial charge in [-0.1, -0.05) is 67.0 Å². The molecule has 0 bridgehead atoms. The summed E-state index contributed by atoms with van der Waals surface area (Å²) >= 11 is 14.6. The van der Waals surface area contributed by atoms with E-state index < -0.39 is 4.92 Å². The summed E-state index contributed by atoms with van der Waals surface area (Å²) in [7, 11) is 0. The number of carbonyl (C=O) groups excluding carboxylic acids is 1. The third-order valence-electron chi connectivity index (χ3n) is 5.22. The normalized spacial score (nSPS) is 18.7. The minimum Gasteiger partial charge on any atom is -0.268 e. The van der Waals surface area contributed by atoms with Gasteiger partial charge in [-0.2, -0.15) is 0 Å².